The third kappa shape index (κ3) is 4.99. The van der Waals surface area contributed by atoms with Crippen molar-refractivity contribution >= 4 is 33.3 Å². The Morgan fingerprint density at radius 1 is 1.17 bits per heavy atom. The Balaban J connectivity index is 1.60. The standard InChI is InChI=1S/C19H18ClNO7S/c1-11(12-3-6-16-17(7-12)28-10-27-16)21-18(22)9-26-19(23)14-8-13(29(2,24)25)4-5-15(14)20/h3-8,11H,9-10H2,1-2H3,(H,21,22). The van der Waals surface area contributed by atoms with Crippen LogP contribution in [0.3, 0.4) is 0 Å². The fourth-order valence-corrected chi connectivity index (χ4v) is 3.49. The third-order valence-corrected chi connectivity index (χ3v) is 5.63. The highest BCUT2D eigenvalue weighted by molar-refractivity contribution is 7.90. The SMILES string of the molecule is CC(NC(=O)COC(=O)c1cc(S(C)(=O)=O)ccc1Cl)c1ccc2c(c1)OCO2. The first-order valence-corrected chi connectivity index (χ1v) is 10.8. The molecule has 0 saturated heterocycles. The molecular weight excluding hydrogens is 422 g/mol. The van der Waals surface area contributed by atoms with Crippen LogP contribution >= 0.6 is 11.6 Å². The van der Waals surface area contributed by atoms with Crippen LogP contribution in [0.25, 0.3) is 0 Å². The molecule has 0 spiro atoms. The molecule has 1 heterocycles. The van der Waals surface area contributed by atoms with Gasteiger partial charge in [-0.15, -0.1) is 0 Å². The Labute approximate surface area is 172 Å². The van der Waals surface area contributed by atoms with E-state index in [1.54, 1.807) is 25.1 Å². The molecule has 154 valence electrons. The molecule has 0 aliphatic carbocycles. The molecule has 1 amide bonds. The van der Waals surface area contributed by atoms with Crippen molar-refractivity contribution in [2.45, 2.75) is 17.9 Å². The van der Waals surface area contributed by atoms with Crippen LogP contribution in [0, 0.1) is 0 Å². The van der Waals surface area contributed by atoms with Crippen molar-refractivity contribution < 1.29 is 32.2 Å². The molecule has 0 saturated carbocycles. The average molecular weight is 440 g/mol. The van der Waals surface area contributed by atoms with Crippen LogP contribution in [0.4, 0.5) is 0 Å². The molecule has 2 aromatic rings. The molecule has 0 bridgehead atoms. The highest BCUT2D eigenvalue weighted by Gasteiger charge is 2.20. The lowest BCUT2D eigenvalue weighted by molar-refractivity contribution is -0.124. The van der Waals surface area contributed by atoms with Gasteiger partial charge in [0.2, 0.25) is 6.79 Å². The molecule has 1 aliphatic heterocycles. The highest BCUT2D eigenvalue weighted by Crippen LogP contribution is 2.34. The molecule has 1 unspecified atom stereocenters. The second-order valence-corrected chi connectivity index (χ2v) is 8.81. The molecule has 1 atom stereocenters. The number of hydrogen-bond donors (Lipinski definition) is 1. The largest absolute Gasteiger partial charge is 0.454 e. The monoisotopic (exact) mass is 439 g/mol. The summed E-state index contributed by atoms with van der Waals surface area (Å²) in [7, 11) is -3.52. The summed E-state index contributed by atoms with van der Waals surface area (Å²) >= 11 is 5.95. The molecule has 1 N–H and O–H groups in total. The Hall–Kier alpha value is -2.78. The first kappa shape index (κ1) is 20.9. The Kier molecular flexibility index (Phi) is 5.99. The van der Waals surface area contributed by atoms with E-state index in [1.165, 1.54) is 12.1 Å². The number of halogens is 1. The first-order chi connectivity index (χ1) is 13.6. The maximum atomic E-state index is 12.2. The van der Waals surface area contributed by atoms with E-state index < -0.39 is 28.3 Å². The molecule has 8 nitrogen and oxygen atoms in total. The minimum Gasteiger partial charge on any atom is -0.454 e. The Morgan fingerprint density at radius 2 is 1.90 bits per heavy atom. The van der Waals surface area contributed by atoms with Gasteiger partial charge in [0.05, 0.1) is 21.5 Å². The summed E-state index contributed by atoms with van der Waals surface area (Å²) < 4.78 is 38.8. The Bertz CT molecular complexity index is 1070. The number of fused-ring (bicyclic) bond motifs is 1. The first-order valence-electron chi connectivity index (χ1n) is 8.51. The van der Waals surface area contributed by atoms with E-state index >= 15 is 0 Å². The van der Waals surface area contributed by atoms with Gasteiger partial charge >= 0.3 is 5.97 Å². The zero-order valence-electron chi connectivity index (χ0n) is 15.6. The number of carbonyl (C=O) groups excluding carboxylic acids is 2. The summed E-state index contributed by atoms with van der Waals surface area (Å²) in [5.74, 6) is -0.199. The van der Waals surface area contributed by atoms with Gasteiger partial charge in [0, 0.05) is 6.26 Å². The van der Waals surface area contributed by atoms with Crippen molar-refractivity contribution in [2.24, 2.45) is 0 Å². The van der Waals surface area contributed by atoms with Gasteiger partial charge in [-0.2, -0.15) is 0 Å². The lowest BCUT2D eigenvalue weighted by Crippen LogP contribution is -2.31. The molecule has 3 rings (SSSR count). The molecule has 10 heteroatoms. The van der Waals surface area contributed by atoms with Crippen LogP contribution < -0.4 is 14.8 Å². The third-order valence-electron chi connectivity index (χ3n) is 4.19. The molecule has 2 aromatic carbocycles. The molecule has 0 fully saturated rings. The van der Waals surface area contributed by atoms with Gasteiger partial charge in [0.1, 0.15) is 0 Å². The maximum absolute atomic E-state index is 12.2. The van der Waals surface area contributed by atoms with Crippen molar-refractivity contribution in [2.75, 3.05) is 19.7 Å². The minimum atomic E-state index is -3.52. The van der Waals surface area contributed by atoms with Crippen molar-refractivity contribution in [3.05, 3.63) is 52.5 Å². The quantitative estimate of drug-likeness (QED) is 0.689. The Morgan fingerprint density at radius 3 is 2.62 bits per heavy atom. The van der Waals surface area contributed by atoms with Crippen molar-refractivity contribution in [3.63, 3.8) is 0 Å². The number of rotatable bonds is 6. The topological polar surface area (TPSA) is 108 Å². The smallest absolute Gasteiger partial charge is 0.340 e. The van der Waals surface area contributed by atoms with E-state index in [0.717, 1.165) is 17.9 Å². The zero-order chi connectivity index (χ0) is 21.2. The van der Waals surface area contributed by atoms with Crippen molar-refractivity contribution in [3.8, 4) is 11.5 Å². The summed E-state index contributed by atoms with van der Waals surface area (Å²) in [4.78, 5) is 24.3. The van der Waals surface area contributed by atoms with Crippen molar-refractivity contribution in [1.82, 2.24) is 5.32 Å². The minimum absolute atomic E-state index is 0.0246. The average Bonchev–Trinajstić information content (AvgIpc) is 3.13. The normalized spacial score (nSPS) is 13.6. The van der Waals surface area contributed by atoms with Gasteiger partial charge in [0.15, 0.2) is 27.9 Å². The predicted molar refractivity (Wildman–Crippen MR) is 104 cm³/mol. The molecule has 0 radical (unpaired) electrons. The fourth-order valence-electron chi connectivity index (χ4n) is 2.65. The molecule has 0 aromatic heterocycles. The number of esters is 1. The van der Waals surface area contributed by atoms with Crippen LogP contribution in [0.1, 0.15) is 28.9 Å². The van der Waals surface area contributed by atoms with E-state index in [-0.39, 0.29) is 28.3 Å². The van der Waals surface area contributed by atoms with E-state index in [2.05, 4.69) is 5.32 Å². The number of sulfone groups is 1. The van der Waals surface area contributed by atoms with Gasteiger partial charge in [-0.1, -0.05) is 17.7 Å². The van der Waals surface area contributed by atoms with E-state index in [4.69, 9.17) is 25.8 Å². The van der Waals surface area contributed by atoms with E-state index in [9.17, 15) is 18.0 Å². The van der Waals surface area contributed by atoms with Gasteiger partial charge in [-0.05, 0) is 42.8 Å². The summed E-state index contributed by atoms with van der Waals surface area (Å²) in [5.41, 5.74) is 0.657. The van der Waals surface area contributed by atoms with Crippen LogP contribution in [0.2, 0.25) is 5.02 Å². The number of amides is 1. The second kappa shape index (κ2) is 8.30. The summed E-state index contributed by atoms with van der Waals surface area (Å²) in [6, 6.07) is 8.62. The van der Waals surface area contributed by atoms with Crippen LogP contribution in [0.15, 0.2) is 41.3 Å². The molecule has 1 aliphatic rings. The molecule has 29 heavy (non-hydrogen) atoms. The van der Waals surface area contributed by atoms with Crippen LogP contribution in [0.5, 0.6) is 11.5 Å². The fraction of sp³-hybridized carbons (Fsp3) is 0.263. The van der Waals surface area contributed by atoms with Gasteiger partial charge in [-0.25, -0.2) is 13.2 Å². The summed E-state index contributed by atoms with van der Waals surface area (Å²) in [6.07, 6.45) is 1.01. The van der Waals surface area contributed by atoms with Crippen LogP contribution in [-0.4, -0.2) is 39.9 Å². The van der Waals surface area contributed by atoms with E-state index in [0.29, 0.717) is 11.5 Å². The van der Waals surface area contributed by atoms with E-state index in [1.807, 2.05) is 0 Å². The van der Waals surface area contributed by atoms with Crippen LogP contribution in [-0.2, 0) is 19.4 Å². The summed E-state index contributed by atoms with van der Waals surface area (Å²) in [6.45, 7) is 1.37. The number of nitrogens with one attached hydrogen (secondary N) is 1. The number of carbonyl (C=O) groups is 2. The zero-order valence-corrected chi connectivity index (χ0v) is 17.2. The number of ether oxygens (including phenoxy) is 3. The van der Waals surface area contributed by atoms with Crippen molar-refractivity contribution in [1.29, 1.82) is 0 Å². The number of benzene rings is 2. The molecular formula is C19H18ClNO7S. The lowest BCUT2D eigenvalue weighted by Gasteiger charge is -2.15. The van der Waals surface area contributed by atoms with Gasteiger partial charge < -0.3 is 19.5 Å². The maximum Gasteiger partial charge on any atom is 0.340 e. The lowest BCUT2D eigenvalue weighted by atomic mass is 10.1. The predicted octanol–water partition coefficient (Wildman–Crippen LogP) is 2.51. The second-order valence-electron chi connectivity index (χ2n) is 6.39. The van der Waals surface area contributed by atoms with Gasteiger partial charge in [-0.3, -0.25) is 4.79 Å². The van der Waals surface area contributed by atoms with Gasteiger partial charge in [0.25, 0.3) is 5.91 Å². The number of hydrogen-bond acceptors (Lipinski definition) is 7. The highest BCUT2D eigenvalue weighted by atomic mass is 35.5. The summed E-state index contributed by atoms with van der Waals surface area (Å²) in [5, 5.41) is 2.73.